The van der Waals surface area contributed by atoms with E-state index in [-0.39, 0.29) is 18.1 Å². The molecule has 2 aromatic rings. The van der Waals surface area contributed by atoms with Crippen molar-refractivity contribution in [3.05, 3.63) is 63.1 Å². The summed E-state index contributed by atoms with van der Waals surface area (Å²) in [7, 11) is 0. The normalized spacial score (nSPS) is 21.9. The number of nitrogens with one attached hydrogen (secondary N) is 1. The van der Waals surface area contributed by atoms with E-state index in [0.29, 0.717) is 13.1 Å². The van der Waals surface area contributed by atoms with E-state index >= 15 is 0 Å². The highest BCUT2D eigenvalue weighted by atomic mass is 32.1. The van der Waals surface area contributed by atoms with Crippen molar-refractivity contribution in [2.45, 2.75) is 44.9 Å². The molecule has 1 aromatic heterocycles. The van der Waals surface area contributed by atoms with Gasteiger partial charge in [-0.2, -0.15) is 0 Å². The van der Waals surface area contributed by atoms with E-state index in [2.05, 4.69) is 27.4 Å². The molecule has 0 saturated carbocycles. The highest BCUT2D eigenvalue weighted by Gasteiger charge is 2.28. The van der Waals surface area contributed by atoms with Crippen LogP contribution in [0.3, 0.4) is 0 Å². The third-order valence-corrected chi connectivity index (χ3v) is 7.26. The van der Waals surface area contributed by atoms with Gasteiger partial charge in [0, 0.05) is 22.8 Å². The number of carbonyl (C=O) groups excluding carboxylic acids is 1. The predicted octanol–water partition coefficient (Wildman–Crippen LogP) is 4.39. The zero-order chi connectivity index (χ0) is 20.5. The Bertz CT molecular complexity index is 974. The smallest absolute Gasteiger partial charge is 0.303 e. The lowest BCUT2D eigenvalue weighted by Gasteiger charge is -2.35. The first-order chi connectivity index (χ1) is 14.7. The lowest BCUT2D eigenvalue weighted by molar-refractivity contribution is 0.161. The Morgan fingerprint density at radius 1 is 1.17 bits per heavy atom. The molecule has 2 amide bonds. The van der Waals surface area contributed by atoms with Gasteiger partial charge in [0.1, 0.15) is 5.82 Å². The van der Waals surface area contributed by atoms with Crippen molar-refractivity contribution in [2.75, 3.05) is 13.1 Å². The molecule has 1 atom stereocenters. The van der Waals surface area contributed by atoms with Crippen LogP contribution in [0, 0.1) is 5.82 Å². The molecule has 30 heavy (non-hydrogen) atoms. The van der Waals surface area contributed by atoms with E-state index < -0.39 is 0 Å². The van der Waals surface area contributed by atoms with Gasteiger partial charge in [-0.3, -0.25) is 9.80 Å². The van der Waals surface area contributed by atoms with Crippen molar-refractivity contribution in [2.24, 2.45) is 4.99 Å². The summed E-state index contributed by atoms with van der Waals surface area (Å²) in [5, 5.41) is 3.02. The van der Waals surface area contributed by atoms with Gasteiger partial charge in [-0.1, -0.05) is 18.2 Å². The van der Waals surface area contributed by atoms with Crippen molar-refractivity contribution in [1.29, 1.82) is 0 Å². The molecule has 1 aliphatic carbocycles. The molecule has 0 radical (unpaired) electrons. The fourth-order valence-corrected chi connectivity index (χ4v) is 5.62. The van der Waals surface area contributed by atoms with E-state index in [1.807, 2.05) is 23.5 Å². The third-order valence-electron chi connectivity index (χ3n) is 6.04. The largest absolute Gasteiger partial charge is 0.325 e. The maximum atomic E-state index is 13.1. The van der Waals surface area contributed by atoms with Crippen LogP contribution in [-0.4, -0.2) is 41.5 Å². The number of halogens is 1. The van der Waals surface area contributed by atoms with Crippen molar-refractivity contribution in [3.63, 3.8) is 0 Å². The number of nitrogens with zero attached hydrogens (tertiary/aromatic N) is 3. The van der Waals surface area contributed by atoms with Gasteiger partial charge in [0.05, 0.1) is 12.9 Å². The van der Waals surface area contributed by atoms with Crippen LogP contribution in [-0.2, 0) is 19.4 Å². The van der Waals surface area contributed by atoms with Crippen molar-refractivity contribution in [3.8, 4) is 0 Å². The van der Waals surface area contributed by atoms with E-state index in [9.17, 15) is 9.18 Å². The Morgan fingerprint density at radius 3 is 2.73 bits per heavy atom. The average Bonchev–Trinajstić information content (AvgIpc) is 3.18. The summed E-state index contributed by atoms with van der Waals surface area (Å²) in [6.07, 6.45) is 9.20. The minimum Gasteiger partial charge on any atom is -0.303 e. The molecule has 1 unspecified atom stereocenters. The lowest BCUT2D eigenvalue weighted by atomic mass is 9.99. The van der Waals surface area contributed by atoms with E-state index in [1.165, 1.54) is 52.3 Å². The van der Waals surface area contributed by atoms with Gasteiger partial charge in [0.25, 0.3) is 0 Å². The molecule has 0 bridgehead atoms. The van der Waals surface area contributed by atoms with E-state index in [1.54, 1.807) is 11.2 Å². The molecule has 7 heteroatoms. The Morgan fingerprint density at radius 2 is 2.00 bits per heavy atom. The minimum absolute atomic E-state index is 0.102. The zero-order valence-electron chi connectivity index (χ0n) is 16.8. The van der Waals surface area contributed by atoms with Crippen LogP contribution < -0.4 is 5.32 Å². The minimum atomic E-state index is -0.337. The Labute approximate surface area is 179 Å². The topological polar surface area (TPSA) is 47.9 Å². The molecule has 0 spiro atoms. The number of amides is 2. The lowest BCUT2D eigenvalue weighted by Crippen LogP contribution is -2.55. The van der Waals surface area contributed by atoms with Crippen LogP contribution in [0.4, 0.5) is 9.18 Å². The van der Waals surface area contributed by atoms with Crippen molar-refractivity contribution >= 4 is 29.3 Å². The summed E-state index contributed by atoms with van der Waals surface area (Å²) >= 11 is 1.83. The van der Waals surface area contributed by atoms with Gasteiger partial charge in [0.2, 0.25) is 0 Å². The van der Waals surface area contributed by atoms with Gasteiger partial charge in [0.15, 0.2) is 6.29 Å². The van der Waals surface area contributed by atoms with Crippen molar-refractivity contribution in [1.82, 2.24) is 15.1 Å². The van der Waals surface area contributed by atoms with Crippen LogP contribution >= 0.6 is 11.3 Å². The first-order valence-corrected chi connectivity index (χ1v) is 11.4. The van der Waals surface area contributed by atoms with E-state index in [0.717, 1.165) is 24.9 Å². The number of thiophene rings is 1. The number of benzene rings is 1. The summed E-state index contributed by atoms with van der Waals surface area (Å²) in [6, 6.07) is 8.78. The molecule has 156 valence electrons. The van der Waals surface area contributed by atoms with E-state index in [4.69, 9.17) is 0 Å². The van der Waals surface area contributed by atoms with Crippen LogP contribution in [0.5, 0.6) is 0 Å². The number of carbonyl (C=O) groups is 1. The summed E-state index contributed by atoms with van der Waals surface area (Å²) in [6.45, 7) is 2.07. The summed E-state index contributed by atoms with van der Waals surface area (Å²) in [5.74, 6) is -0.219. The van der Waals surface area contributed by atoms with Crippen LogP contribution in [0.25, 0.3) is 5.57 Å². The standard InChI is InChI=1S/C23H25FN4OS/c24-19-7-5-16(6-8-19)17-9-11-27(12-10-17)22-25-15-28(23(29)26-22)14-20-13-18-3-1-2-4-21(18)30-20/h5-9,13,15,22H,1-4,10-12,14H2,(H,26,29). The fraction of sp³-hybridized carbons (Fsp3) is 0.391. The Balaban J connectivity index is 1.21. The second kappa shape index (κ2) is 8.32. The first-order valence-electron chi connectivity index (χ1n) is 10.6. The Kier molecular flexibility index (Phi) is 5.39. The predicted molar refractivity (Wildman–Crippen MR) is 118 cm³/mol. The molecule has 2 aliphatic heterocycles. The summed E-state index contributed by atoms with van der Waals surface area (Å²) in [5.41, 5.74) is 3.73. The molecule has 0 saturated heterocycles. The fourth-order valence-electron chi connectivity index (χ4n) is 4.36. The second-order valence-corrected chi connectivity index (χ2v) is 9.29. The van der Waals surface area contributed by atoms with Crippen LogP contribution in [0.1, 0.15) is 40.1 Å². The molecule has 1 N–H and O–H groups in total. The molecule has 5 nitrogen and oxygen atoms in total. The quantitative estimate of drug-likeness (QED) is 0.791. The Hall–Kier alpha value is -2.51. The highest BCUT2D eigenvalue weighted by molar-refractivity contribution is 7.12. The number of aliphatic imine (C=N–C) groups is 1. The van der Waals surface area contributed by atoms with Gasteiger partial charge in [-0.05, 0) is 67.0 Å². The van der Waals surface area contributed by atoms with Gasteiger partial charge < -0.3 is 5.32 Å². The van der Waals surface area contributed by atoms with Crippen LogP contribution in [0.2, 0.25) is 0 Å². The number of aryl methyl sites for hydroxylation is 2. The molecular formula is C23H25FN4OS. The summed E-state index contributed by atoms with van der Waals surface area (Å²) < 4.78 is 13.1. The number of urea groups is 1. The molecule has 1 aromatic carbocycles. The maximum absolute atomic E-state index is 13.1. The molecule has 3 aliphatic rings. The van der Waals surface area contributed by atoms with Gasteiger partial charge in [-0.15, -0.1) is 11.3 Å². The zero-order valence-corrected chi connectivity index (χ0v) is 17.6. The molecular weight excluding hydrogens is 399 g/mol. The number of hydrogen-bond acceptors (Lipinski definition) is 4. The number of rotatable bonds is 4. The monoisotopic (exact) mass is 424 g/mol. The van der Waals surface area contributed by atoms with Crippen molar-refractivity contribution < 1.29 is 9.18 Å². The van der Waals surface area contributed by atoms with Gasteiger partial charge >= 0.3 is 6.03 Å². The molecule has 5 rings (SSSR count). The highest BCUT2D eigenvalue weighted by Crippen LogP contribution is 2.30. The number of fused-ring (bicyclic) bond motifs is 1. The number of hydrogen-bond donors (Lipinski definition) is 1. The first kappa shape index (κ1) is 19.5. The SMILES string of the molecule is O=C1NC(N2CC=C(c3ccc(F)cc3)CC2)N=CN1Cc1cc2c(s1)CCCC2. The average molecular weight is 425 g/mol. The maximum Gasteiger partial charge on any atom is 0.325 e. The third kappa shape index (κ3) is 4.04. The summed E-state index contributed by atoms with van der Waals surface area (Å²) in [4.78, 5) is 23.8. The van der Waals surface area contributed by atoms with Gasteiger partial charge in [-0.25, -0.2) is 14.2 Å². The second-order valence-electron chi connectivity index (χ2n) is 8.07. The molecule has 3 heterocycles. The van der Waals surface area contributed by atoms with Crippen LogP contribution in [0.15, 0.2) is 41.4 Å². The molecule has 0 fully saturated rings.